The molecule has 0 spiro atoms. The maximum Gasteiger partial charge on any atom is 0.214 e. The number of carbonyl (C=O) groups excluding carboxylic acids is 1. The van der Waals surface area contributed by atoms with Crippen LogP contribution in [-0.4, -0.2) is 18.4 Å². The topological polar surface area (TPSA) is 82.2 Å². The van der Waals surface area contributed by atoms with Gasteiger partial charge in [-0.25, -0.2) is 0 Å². The molecule has 14 heavy (non-hydrogen) atoms. The monoisotopic (exact) mass is 196 g/mol. The van der Waals surface area contributed by atoms with Crippen LogP contribution in [0.5, 0.6) is 0 Å². The van der Waals surface area contributed by atoms with Crippen LogP contribution < -0.4 is 11.5 Å². The summed E-state index contributed by atoms with van der Waals surface area (Å²) in [5.74, 6) is 0.206. The first-order valence-electron chi connectivity index (χ1n) is 4.79. The number of furan rings is 1. The van der Waals surface area contributed by atoms with Crippen molar-refractivity contribution >= 4 is 5.78 Å². The van der Waals surface area contributed by atoms with Gasteiger partial charge in [0.15, 0.2) is 5.76 Å². The van der Waals surface area contributed by atoms with Crippen LogP contribution in [0.4, 0.5) is 0 Å². The van der Waals surface area contributed by atoms with Crippen molar-refractivity contribution in [1.82, 2.24) is 0 Å². The zero-order valence-electron chi connectivity index (χ0n) is 8.11. The highest BCUT2D eigenvalue weighted by Gasteiger charge is 2.17. The summed E-state index contributed by atoms with van der Waals surface area (Å²) in [4.78, 5) is 11.5. The Morgan fingerprint density at radius 3 is 2.86 bits per heavy atom. The first-order chi connectivity index (χ1) is 6.75. The van der Waals surface area contributed by atoms with E-state index in [9.17, 15) is 4.79 Å². The molecule has 4 heteroatoms. The van der Waals surface area contributed by atoms with Gasteiger partial charge in [-0.3, -0.25) is 4.79 Å². The van der Waals surface area contributed by atoms with Gasteiger partial charge in [-0.1, -0.05) is 6.42 Å². The molecule has 0 aliphatic heterocycles. The quantitative estimate of drug-likeness (QED) is 0.523. The van der Waals surface area contributed by atoms with E-state index in [-0.39, 0.29) is 5.78 Å². The maximum absolute atomic E-state index is 11.5. The summed E-state index contributed by atoms with van der Waals surface area (Å²) in [5, 5.41) is 0. The molecule has 1 rings (SSSR count). The van der Waals surface area contributed by atoms with Gasteiger partial charge in [0.25, 0.3) is 0 Å². The van der Waals surface area contributed by atoms with E-state index in [4.69, 9.17) is 15.9 Å². The number of unbranched alkanes of at least 4 members (excludes halogenated alkanes) is 1. The minimum atomic E-state index is -0.465. The van der Waals surface area contributed by atoms with E-state index >= 15 is 0 Å². The predicted molar refractivity (Wildman–Crippen MR) is 53.9 cm³/mol. The van der Waals surface area contributed by atoms with Crippen molar-refractivity contribution in [2.24, 2.45) is 11.5 Å². The highest BCUT2D eigenvalue weighted by molar-refractivity contribution is 5.97. The van der Waals surface area contributed by atoms with Crippen molar-refractivity contribution in [1.29, 1.82) is 0 Å². The Labute approximate surface area is 83.3 Å². The number of carbonyl (C=O) groups is 1. The van der Waals surface area contributed by atoms with Crippen molar-refractivity contribution in [2.45, 2.75) is 25.3 Å². The van der Waals surface area contributed by atoms with Crippen molar-refractivity contribution in [3.8, 4) is 0 Å². The third kappa shape index (κ3) is 2.97. The maximum atomic E-state index is 11.5. The van der Waals surface area contributed by atoms with Gasteiger partial charge in [0.05, 0.1) is 12.3 Å². The predicted octanol–water partition coefficient (Wildman–Crippen LogP) is 0.919. The first kappa shape index (κ1) is 10.9. The molecule has 0 bridgehead atoms. The molecule has 0 saturated heterocycles. The second kappa shape index (κ2) is 5.57. The Bertz CT molecular complexity index is 270. The van der Waals surface area contributed by atoms with Gasteiger partial charge in [0.1, 0.15) is 0 Å². The van der Waals surface area contributed by atoms with Crippen molar-refractivity contribution in [2.75, 3.05) is 6.54 Å². The van der Waals surface area contributed by atoms with Gasteiger partial charge in [0.2, 0.25) is 5.78 Å². The SMILES string of the molecule is NCCCCC(N)C(=O)c1ccco1. The largest absolute Gasteiger partial charge is 0.461 e. The summed E-state index contributed by atoms with van der Waals surface area (Å²) in [6, 6.07) is 2.85. The highest BCUT2D eigenvalue weighted by Crippen LogP contribution is 2.07. The number of nitrogens with two attached hydrogens (primary N) is 2. The molecule has 0 aliphatic rings. The van der Waals surface area contributed by atoms with Crippen LogP contribution in [0, 0.1) is 0 Å². The van der Waals surface area contributed by atoms with Crippen LogP contribution in [0.2, 0.25) is 0 Å². The second-order valence-corrected chi connectivity index (χ2v) is 3.23. The van der Waals surface area contributed by atoms with Crippen molar-refractivity contribution in [3.63, 3.8) is 0 Å². The van der Waals surface area contributed by atoms with E-state index in [0.29, 0.717) is 18.7 Å². The number of hydrogen-bond acceptors (Lipinski definition) is 4. The molecule has 1 atom stereocenters. The summed E-state index contributed by atoms with van der Waals surface area (Å²) in [7, 11) is 0. The van der Waals surface area contributed by atoms with Crippen LogP contribution >= 0.6 is 0 Å². The molecule has 1 unspecified atom stereocenters. The molecule has 78 valence electrons. The van der Waals surface area contributed by atoms with Gasteiger partial charge >= 0.3 is 0 Å². The van der Waals surface area contributed by atoms with E-state index in [1.807, 2.05) is 0 Å². The summed E-state index contributed by atoms with van der Waals surface area (Å²) < 4.78 is 4.97. The second-order valence-electron chi connectivity index (χ2n) is 3.23. The van der Waals surface area contributed by atoms with Crippen LogP contribution in [0.25, 0.3) is 0 Å². The molecule has 4 nitrogen and oxygen atoms in total. The fourth-order valence-electron chi connectivity index (χ4n) is 1.24. The fraction of sp³-hybridized carbons (Fsp3) is 0.500. The van der Waals surface area contributed by atoms with Crippen LogP contribution in [0.15, 0.2) is 22.8 Å². The zero-order valence-corrected chi connectivity index (χ0v) is 8.11. The molecule has 0 radical (unpaired) electrons. The van der Waals surface area contributed by atoms with E-state index < -0.39 is 6.04 Å². The van der Waals surface area contributed by atoms with Gasteiger partial charge in [-0.2, -0.15) is 0 Å². The molecule has 1 aromatic heterocycles. The Morgan fingerprint density at radius 1 is 1.50 bits per heavy atom. The number of ketones is 1. The lowest BCUT2D eigenvalue weighted by Gasteiger charge is -2.07. The van der Waals surface area contributed by atoms with Crippen LogP contribution in [0.1, 0.15) is 29.8 Å². The summed E-state index contributed by atoms with van der Waals surface area (Å²) in [6.45, 7) is 0.641. The third-order valence-corrected chi connectivity index (χ3v) is 2.07. The Hall–Kier alpha value is -1.13. The molecule has 4 N–H and O–H groups in total. The summed E-state index contributed by atoms with van der Waals surface area (Å²) in [6.07, 6.45) is 3.92. The fourth-order valence-corrected chi connectivity index (χ4v) is 1.24. The number of rotatable bonds is 6. The molecular weight excluding hydrogens is 180 g/mol. The lowest BCUT2D eigenvalue weighted by atomic mass is 10.0. The molecule has 0 amide bonds. The standard InChI is InChI=1S/C10H16N2O2/c11-6-2-1-4-8(12)10(13)9-5-3-7-14-9/h3,5,7-8H,1-2,4,6,11-12H2. The van der Waals surface area contributed by atoms with E-state index in [1.54, 1.807) is 12.1 Å². The lowest BCUT2D eigenvalue weighted by Crippen LogP contribution is -2.30. The molecule has 0 fully saturated rings. The number of Topliss-reactive ketones (excluding diaryl/α,β-unsaturated/α-hetero) is 1. The van der Waals surface area contributed by atoms with Crippen LogP contribution in [0.3, 0.4) is 0 Å². The zero-order chi connectivity index (χ0) is 10.4. The molecule has 0 saturated carbocycles. The molecule has 0 aliphatic carbocycles. The summed E-state index contributed by atoms with van der Waals surface area (Å²) in [5.41, 5.74) is 11.0. The van der Waals surface area contributed by atoms with E-state index in [1.165, 1.54) is 6.26 Å². The van der Waals surface area contributed by atoms with Crippen LogP contribution in [-0.2, 0) is 0 Å². The van der Waals surface area contributed by atoms with Gasteiger partial charge in [-0.05, 0) is 31.5 Å². The Balaban J connectivity index is 2.37. The van der Waals surface area contributed by atoms with Gasteiger partial charge in [-0.15, -0.1) is 0 Å². The van der Waals surface area contributed by atoms with Gasteiger partial charge < -0.3 is 15.9 Å². The third-order valence-electron chi connectivity index (χ3n) is 2.07. The number of hydrogen-bond donors (Lipinski definition) is 2. The smallest absolute Gasteiger partial charge is 0.214 e. The first-order valence-corrected chi connectivity index (χ1v) is 4.79. The average molecular weight is 196 g/mol. The average Bonchev–Trinajstić information content (AvgIpc) is 2.69. The minimum Gasteiger partial charge on any atom is -0.461 e. The van der Waals surface area contributed by atoms with Crippen molar-refractivity contribution < 1.29 is 9.21 Å². The molecular formula is C10H16N2O2. The minimum absolute atomic E-state index is 0.132. The van der Waals surface area contributed by atoms with E-state index in [2.05, 4.69) is 0 Å². The lowest BCUT2D eigenvalue weighted by molar-refractivity contribution is 0.0928. The Kier molecular flexibility index (Phi) is 4.35. The van der Waals surface area contributed by atoms with E-state index in [0.717, 1.165) is 12.8 Å². The Morgan fingerprint density at radius 2 is 2.29 bits per heavy atom. The highest BCUT2D eigenvalue weighted by atomic mass is 16.3. The van der Waals surface area contributed by atoms with Crippen molar-refractivity contribution in [3.05, 3.63) is 24.2 Å². The normalized spacial score (nSPS) is 12.7. The molecule has 0 aromatic carbocycles. The molecule has 1 aromatic rings. The summed E-state index contributed by atoms with van der Waals surface area (Å²) >= 11 is 0. The molecule has 1 heterocycles. The van der Waals surface area contributed by atoms with Gasteiger partial charge in [0, 0.05) is 0 Å².